The van der Waals surface area contributed by atoms with Crippen molar-refractivity contribution in [3.8, 4) is 0 Å². The van der Waals surface area contributed by atoms with Crippen molar-refractivity contribution in [3.05, 3.63) is 29.8 Å². The molecule has 104 valence electrons. The third-order valence-corrected chi connectivity index (χ3v) is 4.03. The van der Waals surface area contributed by atoms with Gasteiger partial charge >= 0.3 is 0 Å². The molecule has 0 radical (unpaired) electrons. The van der Waals surface area contributed by atoms with Gasteiger partial charge in [-0.2, -0.15) is 0 Å². The number of rotatable bonds is 6. The molecule has 1 aliphatic rings. The zero-order valence-electron chi connectivity index (χ0n) is 11.7. The largest absolute Gasteiger partial charge is 0.326 e. The zero-order valence-corrected chi connectivity index (χ0v) is 11.7. The molecule has 0 bridgehead atoms. The number of carbonyl (C=O) groups excluding carboxylic acids is 1. The van der Waals surface area contributed by atoms with E-state index >= 15 is 0 Å². The first-order valence-electron chi connectivity index (χ1n) is 7.08. The highest BCUT2D eigenvalue weighted by Crippen LogP contribution is 2.50. The summed E-state index contributed by atoms with van der Waals surface area (Å²) in [4.78, 5) is 12.2. The van der Waals surface area contributed by atoms with Crippen molar-refractivity contribution >= 4 is 11.6 Å². The second-order valence-corrected chi connectivity index (χ2v) is 5.66. The van der Waals surface area contributed by atoms with Gasteiger partial charge in [0.1, 0.15) is 0 Å². The Morgan fingerprint density at radius 3 is 2.47 bits per heavy atom. The standard InChI is InChI=1S/C16H22FNO/c1-3-8-16(9-10-16)15(19)18-14-6-4-13(5-7-14)12(2)11-17/h4-7,12H,3,8-11H2,1-2H3,(H,18,19). The van der Waals surface area contributed by atoms with E-state index in [-0.39, 0.29) is 23.9 Å². The number of hydrogen-bond donors (Lipinski definition) is 1. The highest BCUT2D eigenvalue weighted by molar-refractivity contribution is 5.97. The summed E-state index contributed by atoms with van der Waals surface area (Å²) in [7, 11) is 0. The molecular formula is C16H22FNO. The Kier molecular flexibility index (Phi) is 4.23. The molecule has 19 heavy (non-hydrogen) atoms. The Morgan fingerprint density at radius 1 is 1.37 bits per heavy atom. The highest BCUT2D eigenvalue weighted by atomic mass is 19.1. The van der Waals surface area contributed by atoms with Gasteiger partial charge in [0.05, 0.1) is 6.67 Å². The van der Waals surface area contributed by atoms with E-state index < -0.39 is 0 Å². The van der Waals surface area contributed by atoms with Crippen LogP contribution in [0.25, 0.3) is 0 Å². The van der Waals surface area contributed by atoms with Gasteiger partial charge < -0.3 is 5.32 Å². The summed E-state index contributed by atoms with van der Waals surface area (Å²) in [6.07, 6.45) is 4.02. The highest BCUT2D eigenvalue weighted by Gasteiger charge is 2.48. The number of benzene rings is 1. The van der Waals surface area contributed by atoms with E-state index in [1.165, 1.54) is 0 Å². The van der Waals surface area contributed by atoms with E-state index in [2.05, 4.69) is 12.2 Å². The van der Waals surface area contributed by atoms with Gasteiger partial charge in [0.15, 0.2) is 0 Å². The summed E-state index contributed by atoms with van der Waals surface area (Å²) in [6, 6.07) is 7.50. The Morgan fingerprint density at radius 2 is 2.00 bits per heavy atom. The van der Waals surface area contributed by atoms with Gasteiger partial charge in [0, 0.05) is 17.0 Å². The van der Waals surface area contributed by atoms with E-state index in [0.29, 0.717) is 0 Å². The summed E-state index contributed by atoms with van der Waals surface area (Å²) >= 11 is 0. The monoisotopic (exact) mass is 263 g/mol. The molecule has 2 nitrogen and oxygen atoms in total. The minimum atomic E-state index is -0.356. The number of carbonyl (C=O) groups is 1. The number of anilines is 1. The number of alkyl halides is 1. The number of halogens is 1. The van der Waals surface area contributed by atoms with Crippen LogP contribution in [0.3, 0.4) is 0 Å². The summed E-state index contributed by atoms with van der Waals surface area (Å²) < 4.78 is 12.6. The van der Waals surface area contributed by atoms with Gasteiger partial charge in [-0.15, -0.1) is 0 Å². The fraction of sp³-hybridized carbons (Fsp3) is 0.562. The summed E-state index contributed by atoms with van der Waals surface area (Å²) in [6.45, 7) is 3.61. The first kappa shape index (κ1) is 14.0. The van der Waals surface area contributed by atoms with Crippen molar-refractivity contribution in [3.63, 3.8) is 0 Å². The summed E-state index contributed by atoms with van der Waals surface area (Å²) in [5.74, 6) is 0.0558. The Bertz CT molecular complexity index is 437. The smallest absolute Gasteiger partial charge is 0.230 e. The number of amides is 1. The van der Waals surface area contributed by atoms with Crippen LogP contribution in [-0.2, 0) is 4.79 Å². The lowest BCUT2D eigenvalue weighted by atomic mass is 9.99. The number of hydrogen-bond acceptors (Lipinski definition) is 1. The van der Waals surface area contributed by atoms with Crippen LogP contribution in [0.5, 0.6) is 0 Å². The molecule has 1 saturated carbocycles. The van der Waals surface area contributed by atoms with Crippen molar-refractivity contribution in [1.82, 2.24) is 0 Å². The summed E-state index contributed by atoms with van der Waals surface area (Å²) in [5.41, 5.74) is 1.66. The van der Waals surface area contributed by atoms with Crippen molar-refractivity contribution in [2.45, 2.75) is 45.4 Å². The van der Waals surface area contributed by atoms with Crippen LogP contribution < -0.4 is 5.32 Å². The predicted molar refractivity (Wildman–Crippen MR) is 76.0 cm³/mol. The van der Waals surface area contributed by atoms with Gasteiger partial charge in [0.25, 0.3) is 0 Å². The molecule has 2 rings (SSSR count). The lowest BCUT2D eigenvalue weighted by Gasteiger charge is -2.15. The molecule has 1 fully saturated rings. The molecule has 0 heterocycles. The SMILES string of the molecule is CCCC1(C(=O)Nc2ccc(C(C)CF)cc2)CC1. The fourth-order valence-electron chi connectivity index (χ4n) is 2.47. The van der Waals surface area contributed by atoms with E-state index in [1.807, 2.05) is 31.2 Å². The number of nitrogens with one attached hydrogen (secondary N) is 1. The quantitative estimate of drug-likeness (QED) is 0.815. The zero-order chi connectivity index (χ0) is 13.9. The maximum Gasteiger partial charge on any atom is 0.230 e. The van der Waals surface area contributed by atoms with Gasteiger partial charge in [-0.1, -0.05) is 32.4 Å². The molecule has 0 aliphatic heterocycles. The van der Waals surface area contributed by atoms with Crippen LogP contribution in [-0.4, -0.2) is 12.6 Å². The van der Waals surface area contributed by atoms with Crippen molar-refractivity contribution in [1.29, 1.82) is 0 Å². The molecule has 1 amide bonds. The van der Waals surface area contributed by atoms with Crippen molar-refractivity contribution in [2.24, 2.45) is 5.41 Å². The third kappa shape index (κ3) is 3.14. The lowest BCUT2D eigenvalue weighted by molar-refractivity contribution is -0.121. The molecule has 1 unspecified atom stereocenters. The van der Waals surface area contributed by atoms with Crippen LogP contribution in [0.2, 0.25) is 0 Å². The third-order valence-electron chi connectivity index (χ3n) is 4.03. The first-order valence-corrected chi connectivity index (χ1v) is 7.08. The van der Waals surface area contributed by atoms with E-state index in [4.69, 9.17) is 0 Å². The lowest BCUT2D eigenvalue weighted by Crippen LogP contribution is -2.24. The average molecular weight is 263 g/mol. The molecule has 0 aromatic heterocycles. The average Bonchev–Trinajstić information content (AvgIpc) is 3.20. The van der Waals surface area contributed by atoms with Gasteiger partial charge in [-0.25, -0.2) is 0 Å². The fourth-order valence-corrected chi connectivity index (χ4v) is 2.47. The molecule has 0 saturated heterocycles. The molecule has 1 atom stereocenters. The predicted octanol–water partition coefficient (Wildman–Crippen LogP) is 4.28. The van der Waals surface area contributed by atoms with E-state index in [0.717, 1.165) is 36.9 Å². The van der Waals surface area contributed by atoms with Gasteiger partial charge in [0.2, 0.25) is 5.91 Å². The van der Waals surface area contributed by atoms with Crippen molar-refractivity contribution < 1.29 is 9.18 Å². The first-order chi connectivity index (χ1) is 9.11. The van der Waals surface area contributed by atoms with Crippen LogP contribution in [0, 0.1) is 5.41 Å². The minimum Gasteiger partial charge on any atom is -0.326 e. The maximum atomic E-state index is 12.6. The van der Waals surface area contributed by atoms with Gasteiger partial charge in [-0.3, -0.25) is 9.18 Å². The minimum absolute atomic E-state index is 0.0837. The Balaban J connectivity index is 1.98. The van der Waals surface area contributed by atoms with Crippen molar-refractivity contribution in [2.75, 3.05) is 12.0 Å². The molecule has 1 N–H and O–H groups in total. The Hall–Kier alpha value is -1.38. The molecule has 1 aromatic rings. The molecule has 3 heteroatoms. The van der Waals surface area contributed by atoms with Crippen LogP contribution in [0.1, 0.15) is 51.0 Å². The van der Waals surface area contributed by atoms with E-state index in [9.17, 15) is 9.18 Å². The van der Waals surface area contributed by atoms with E-state index in [1.54, 1.807) is 0 Å². The van der Waals surface area contributed by atoms with Crippen LogP contribution in [0.15, 0.2) is 24.3 Å². The molecule has 1 aromatic carbocycles. The Labute approximate surface area is 114 Å². The second kappa shape index (κ2) is 5.72. The maximum absolute atomic E-state index is 12.6. The molecular weight excluding hydrogens is 241 g/mol. The van der Waals surface area contributed by atoms with Crippen LogP contribution >= 0.6 is 0 Å². The topological polar surface area (TPSA) is 29.1 Å². The normalized spacial score (nSPS) is 17.8. The summed E-state index contributed by atoms with van der Waals surface area (Å²) in [5, 5.41) is 2.98. The second-order valence-electron chi connectivity index (χ2n) is 5.66. The molecule has 1 aliphatic carbocycles. The van der Waals surface area contributed by atoms with Crippen LogP contribution in [0.4, 0.5) is 10.1 Å². The molecule has 0 spiro atoms. The van der Waals surface area contributed by atoms with Gasteiger partial charge in [-0.05, 0) is 37.0 Å².